The SMILES string of the molecule is Cc1cn2cc(NC(=O)c3ccc(N4CCC(N[C@@H]5C[C@@H]5O)CC4)c4cn(C)nc34)cc(F)c2n1. The number of aliphatic hydroxyl groups excluding tert-OH is 1. The molecule has 2 aliphatic rings. The molecule has 0 spiro atoms. The van der Waals surface area contributed by atoms with Crippen LogP contribution in [0.25, 0.3) is 16.6 Å². The molecule has 1 aliphatic heterocycles. The molecule has 3 aromatic heterocycles. The summed E-state index contributed by atoms with van der Waals surface area (Å²) in [7, 11) is 1.84. The zero-order valence-electron chi connectivity index (χ0n) is 19.7. The highest BCUT2D eigenvalue weighted by molar-refractivity contribution is 6.13. The number of pyridine rings is 1. The zero-order chi connectivity index (χ0) is 24.3. The van der Waals surface area contributed by atoms with Gasteiger partial charge in [-0.15, -0.1) is 0 Å². The smallest absolute Gasteiger partial charge is 0.257 e. The molecule has 9 nitrogen and oxygen atoms in total. The number of aliphatic hydroxyl groups is 1. The molecule has 35 heavy (non-hydrogen) atoms. The summed E-state index contributed by atoms with van der Waals surface area (Å²) in [6.07, 6.45) is 7.95. The van der Waals surface area contributed by atoms with Crippen LogP contribution in [0.5, 0.6) is 0 Å². The molecule has 4 heterocycles. The number of aromatic nitrogens is 4. The maximum Gasteiger partial charge on any atom is 0.257 e. The average Bonchev–Trinajstić information content (AvgIpc) is 3.17. The van der Waals surface area contributed by atoms with Gasteiger partial charge in [0.1, 0.15) is 5.52 Å². The number of carbonyl (C=O) groups is 1. The van der Waals surface area contributed by atoms with Gasteiger partial charge < -0.3 is 25.0 Å². The van der Waals surface area contributed by atoms with Crippen LogP contribution in [0, 0.1) is 12.7 Å². The van der Waals surface area contributed by atoms with Crippen LogP contribution in [0.3, 0.4) is 0 Å². The van der Waals surface area contributed by atoms with Crippen molar-refractivity contribution >= 4 is 33.8 Å². The van der Waals surface area contributed by atoms with Gasteiger partial charge in [-0.1, -0.05) is 0 Å². The first kappa shape index (κ1) is 22.0. The number of fused-ring (bicyclic) bond motifs is 2. The van der Waals surface area contributed by atoms with Gasteiger partial charge in [0.15, 0.2) is 11.5 Å². The van der Waals surface area contributed by atoms with Gasteiger partial charge in [-0.3, -0.25) is 9.48 Å². The highest BCUT2D eigenvalue weighted by atomic mass is 19.1. The number of anilines is 2. The number of nitrogens with one attached hydrogen (secondary N) is 2. The first-order valence-corrected chi connectivity index (χ1v) is 12.0. The van der Waals surface area contributed by atoms with Crippen LogP contribution >= 0.6 is 0 Å². The maximum absolute atomic E-state index is 14.5. The molecule has 1 aliphatic carbocycles. The molecule has 2 fully saturated rings. The van der Waals surface area contributed by atoms with Crippen molar-refractivity contribution in [3.8, 4) is 0 Å². The first-order chi connectivity index (χ1) is 16.9. The van der Waals surface area contributed by atoms with E-state index in [9.17, 15) is 14.3 Å². The number of carbonyl (C=O) groups excluding carboxylic acids is 1. The maximum atomic E-state index is 14.5. The summed E-state index contributed by atoms with van der Waals surface area (Å²) >= 11 is 0. The molecule has 1 saturated carbocycles. The van der Waals surface area contributed by atoms with Gasteiger partial charge in [0, 0.05) is 68.0 Å². The second-order valence-corrected chi connectivity index (χ2v) is 9.68. The Morgan fingerprint density at radius 1 is 1.20 bits per heavy atom. The van der Waals surface area contributed by atoms with E-state index in [4.69, 9.17) is 0 Å². The number of amides is 1. The van der Waals surface area contributed by atoms with Gasteiger partial charge in [0.2, 0.25) is 0 Å². The van der Waals surface area contributed by atoms with Crippen LogP contribution in [-0.4, -0.2) is 61.5 Å². The normalized spacial score (nSPS) is 20.6. The quantitative estimate of drug-likeness (QED) is 0.409. The lowest BCUT2D eigenvalue weighted by molar-refractivity contribution is 0.102. The van der Waals surface area contributed by atoms with Crippen LogP contribution in [-0.2, 0) is 7.05 Å². The molecule has 1 saturated heterocycles. The average molecular weight is 478 g/mol. The van der Waals surface area contributed by atoms with Crippen molar-refractivity contribution in [3.63, 3.8) is 0 Å². The van der Waals surface area contributed by atoms with Crippen LogP contribution in [0.4, 0.5) is 15.8 Å². The van der Waals surface area contributed by atoms with E-state index in [1.165, 1.54) is 6.07 Å². The number of benzene rings is 1. The molecular formula is C25H28FN7O2. The summed E-state index contributed by atoms with van der Waals surface area (Å²) in [5, 5.41) is 21.4. The van der Waals surface area contributed by atoms with Gasteiger partial charge in [-0.25, -0.2) is 9.37 Å². The van der Waals surface area contributed by atoms with E-state index in [0.717, 1.165) is 43.4 Å². The number of imidazole rings is 1. The number of aryl methyl sites for hydroxylation is 2. The highest BCUT2D eigenvalue weighted by Gasteiger charge is 2.37. The Bertz CT molecular complexity index is 1440. The molecule has 3 N–H and O–H groups in total. The number of piperidine rings is 1. The fraction of sp³-hybridized carbons (Fsp3) is 0.400. The Labute approximate surface area is 201 Å². The topological polar surface area (TPSA) is 99.7 Å². The van der Waals surface area contributed by atoms with Crippen LogP contribution in [0.15, 0.2) is 36.8 Å². The van der Waals surface area contributed by atoms with Gasteiger partial charge in [0.05, 0.1) is 23.0 Å². The molecule has 0 unspecified atom stereocenters. The van der Waals surface area contributed by atoms with Crippen molar-refractivity contribution < 1.29 is 14.3 Å². The Morgan fingerprint density at radius 3 is 2.71 bits per heavy atom. The van der Waals surface area contributed by atoms with Crippen LogP contribution in [0.2, 0.25) is 0 Å². The van der Waals surface area contributed by atoms with E-state index in [0.29, 0.717) is 28.5 Å². The third-order valence-electron chi connectivity index (χ3n) is 6.94. The Kier molecular flexibility index (Phi) is 5.23. The lowest BCUT2D eigenvalue weighted by Gasteiger charge is -2.34. The minimum absolute atomic E-state index is 0.191. The van der Waals surface area contributed by atoms with E-state index in [1.54, 1.807) is 34.5 Å². The molecule has 4 aromatic rings. The monoisotopic (exact) mass is 477 g/mol. The lowest BCUT2D eigenvalue weighted by atomic mass is 10.0. The zero-order valence-corrected chi connectivity index (χ0v) is 19.7. The fourth-order valence-corrected chi connectivity index (χ4v) is 5.06. The number of hydrogen-bond acceptors (Lipinski definition) is 6. The van der Waals surface area contributed by atoms with Crippen molar-refractivity contribution in [3.05, 3.63) is 53.9 Å². The Morgan fingerprint density at radius 2 is 1.97 bits per heavy atom. The van der Waals surface area contributed by atoms with Gasteiger partial charge in [-0.05, 0) is 38.3 Å². The number of hydrogen-bond donors (Lipinski definition) is 3. The number of nitrogens with zero attached hydrogens (tertiary/aromatic N) is 5. The third-order valence-corrected chi connectivity index (χ3v) is 6.94. The summed E-state index contributed by atoms with van der Waals surface area (Å²) in [5.41, 5.74) is 3.37. The van der Waals surface area contributed by atoms with Crippen LogP contribution < -0.4 is 15.5 Å². The summed E-state index contributed by atoms with van der Waals surface area (Å²) in [4.78, 5) is 19.7. The van der Waals surface area contributed by atoms with E-state index < -0.39 is 5.82 Å². The fourth-order valence-electron chi connectivity index (χ4n) is 5.06. The van der Waals surface area contributed by atoms with Crippen LogP contribution in [0.1, 0.15) is 35.3 Å². The van der Waals surface area contributed by atoms with Crippen molar-refractivity contribution in [2.75, 3.05) is 23.3 Å². The first-order valence-electron chi connectivity index (χ1n) is 12.0. The summed E-state index contributed by atoms with van der Waals surface area (Å²) < 4.78 is 17.8. The molecule has 182 valence electrons. The molecule has 10 heteroatoms. The van der Waals surface area contributed by atoms with E-state index in [-0.39, 0.29) is 23.7 Å². The lowest BCUT2D eigenvalue weighted by Crippen LogP contribution is -2.44. The van der Waals surface area contributed by atoms with Gasteiger partial charge in [-0.2, -0.15) is 5.10 Å². The van der Waals surface area contributed by atoms with E-state index in [1.807, 2.05) is 19.3 Å². The minimum Gasteiger partial charge on any atom is -0.391 e. The largest absolute Gasteiger partial charge is 0.391 e. The van der Waals surface area contributed by atoms with Crippen molar-refractivity contribution in [2.24, 2.45) is 7.05 Å². The molecule has 1 aromatic carbocycles. The molecule has 1 amide bonds. The predicted octanol–water partition coefficient (Wildman–Crippen LogP) is 2.61. The predicted molar refractivity (Wildman–Crippen MR) is 131 cm³/mol. The minimum atomic E-state index is -0.497. The van der Waals surface area contributed by atoms with Crippen molar-refractivity contribution in [2.45, 2.75) is 44.4 Å². The van der Waals surface area contributed by atoms with E-state index in [2.05, 4.69) is 25.6 Å². The second-order valence-electron chi connectivity index (χ2n) is 9.68. The summed E-state index contributed by atoms with van der Waals surface area (Å²) in [6.45, 7) is 3.57. The third kappa shape index (κ3) is 4.12. The number of rotatable bonds is 5. The Hall–Kier alpha value is -3.50. The van der Waals surface area contributed by atoms with Gasteiger partial charge >= 0.3 is 0 Å². The summed E-state index contributed by atoms with van der Waals surface area (Å²) in [5.74, 6) is -0.843. The Balaban J connectivity index is 1.24. The van der Waals surface area contributed by atoms with Crippen molar-refractivity contribution in [1.82, 2.24) is 24.5 Å². The van der Waals surface area contributed by atoms with Gasteiger partial charge in [0.25, 0.3) is 5.91 Å². The number of halogens is 1. The van der Waals surface area contributed by atoms with E-state index >= 15 is 0 Å². The molecule has 6 rings (SSSR count). The standard InChI is InChI=1S/C25H28FN7O2/c1-14-11-33-12-16(9-19(26)24(33)27-14)29-25(35)17-3-4-21(18-13-31(2)30-23(17)18)32-7-5-15(6-8-32)28-20-10-22(20)34/h3-4,9,11-13,15,20,22,28,34H,5-8,10H2,1-2H3,(H,29,35)/t20-,22+/m1/s1. The summed E-state index contributed by atoms with van der Waals surface area (Å²) in [6, 6.07) is 5.71. The molecular weight excluding hydrogens is 449 g/mol. The molecule has 2 atom stereocenters. The highest BCUT2D eigenvalue weighted by Crippen LogP contribution is 2.32. The van der Waals surface area contributed by atoms with Crippen molar-refractivity contribution in [1.29, 1.82) is 0 Å². The molecule has 0 bridgehead atoms. The molecule has 0 radical (unpaired) electrons. The second kappa shape index (κ2) is 8.31.